The van der Waals surface area contributed by atoms with E-state index >= 15 is 0 Å². The normalized spacial score (nSPS) is 14.6. The molecule has 0 aromatic carbocycles. The third-order valence-corrected chi connectivity index (χ3v) is 1.69. The van der Waals surface area contributed by atoms with E-state index in [0.29, 0.717) is 6.42 Å². The molecule has 0 spiro atoms. The van der Waals surface area contributed by atoms with Gasteiger partial charge in [-0.2, -0.15) is 0 Å². The Morgan fingerprint density at radius 2 is 2.11 bits per heavy atom. The van der Waals surface area contributed by atoms with Crippen LogP contribution in [0.3, 0.4) is 0 Å². The molecule has 1 heteroatoms. The Balaban J connectivity index is 3.89. The van der Waals surface area contributed by atoms with Crippen LogP contribution in [0.15, 0.2) is 0 Å². The highest BCUT2D eigenvalue weighted by Gasteiger charge is 2.22. The molecule has 1 atom stereocenters. The molecule has 1 unspecified atom stereocenters. The molecule has 0 fully saturated rings. The minimum atomic E-state index is -0.325. The Labute approximate surface area is 57.1 Å². The van der Waals surface area contributed by atoms with Crippen LogP contribution < -0.4 is 0 Å². The number of rotatable bonds is 2. The van der Waals surface area contributed by atoms with Crippen molar-refractivity contribution in [3.8, 4) is 12.3 Å². The molecule has 0 radical (unpaired) electrons. The summed E-state index contributed by atoms with van der Waals surface area (Å²) in [4.78, 5) is 0. The van der Waals surface area contributed by atoms with Gasteiger partial charge >= 0.3 is 0 Å². The number of hydrogen-bond donors (Lipinski definition) is 1. The molecule has 0 aliphatic carbocycles. The van der Waals surface area contributed by atoms with Crippen molar-refractivity contribution < 1.29 is 5.11 Å². The average molecular weight is 126 g/mol. The second-order valence-corrected chi connectivity index (χ2v) is 3.05. The second kappa shape index (κ2) is 2.89. The van der Waals surface area contributed by atoms with Crippen LogP contribution >= 0.6 is 0 Å². The summed E-state index contributed by atoms with van der Waals surface area (Å²) in [6, 6.07) is 0. The highest BCUT2D eigenvalue weighted by atomic mass is 16.3. The minimum absolute atomic E-state index is 0.130. The van der Waals surface area contributed by atoms with E-state index in [1.807, 2.05) is 13.8 Å². The third-order valence-electron chi connectivity index (χ3n) is 1.69. The molecule has 0 bridgehead atoms. The molecular weight excluding hydrogens is 112 g/mol. The topological polar surface area (TPSA) is 20.2 Å². The van der Waals surface area contributed by atoms with Crippen molar-refractivity contribution in [2.45, 2.75) is 33.3 Å². The Morgan fingerprint density at radius 3 is 2.22 bits per heavy atom. The summed E-state index contributed by atoms with van der Waals surface area (Å²) in [7, 11) is 0. The van der Waals surface area contributed by atoms with Gasteiger partial charge in [-0.25, -0.2) is 0 Å². The summed E-state index contributed by atoms with van der Waals surface area (Å²) in [6.07, 6.45) is 5.40. The summed E-state index contributed by atoms with van der Waals surface area (Å²) in [6.45, 7) is 5.67. The van der Waals surface area contributed by atoms with Crippen LogP contribution in [0.1, 0.15) is 27.2 Å². The van der Waals surface area contributed by atoms with Crippen molar-refractivity contribution >= 4 is 0 Å². The largest absolute Gasteiger partial charge is 0.393 e. The van der Waals surface area contributed by atoms with Crippen molar-refractivity contribution in [2.75, 3.05) is 0 Å². The molecule has 0 aliphatic heterocycles. The molecule has 0 heterocycles. The Bertz CT molecular complexity index is 117. The molecule has 1 nitrogen and oxygen atoms in total. The fourth-order valence-electron chi connectivity index (χ4n) is 0.411. The van der Waals surface area contributed by atoms with Crippen LogP contribution in [0.4, 0.5) is 0 Å². The van der Waals surface area contributed by atoms with Gasteiger partial charge in [0, 0.05) is 11.8 Å². The van der Waals surface area contributed by atoms with E-state index in [0.717, 1.165) is 0 Å². The van der Waals surface area contributed by atoms with Crippen LogP contribution in [-0.4, -0.2) is 11.2 Å². The lowest BCUT2D eigenvalue weighted by molar-refractivity contribution is 0.0701. The van der Waals surface area contributed by atoms with Crippen LogP contribution in [-0.2, 0) is 0 Å². The average Bonchev–Trinajstić information content (AvgIpc) is 1.65. The first-order chi connectivity index (χ1) is 4.00. The fourth-order valence-corrected chi connectivity index (χ4v) is 0.411. The van der Waals surface area contributed by atoms with Gasteiger partial charge in [0.2, 0.25) is 0 Å². The summed E-state index contributed by atoms with van der Waals surface area (Å²) >= 11 is 0. The van der Waals surface area contributed by atoms with Gasteiger partial charge in [0.15, 0.2) is 0 Å². The number of aliphatic hydroxyl groups excluding tert-OH is 1. The van der Waals surface area contributed by atoms with Gasteiger partial charge in [0.1, 0.15) is 0 Å². The summed E-state index contributed by atoms with van der Waals surface area (Å²) in [5.74, 6) is 2.53. The van der Waals surface area contributed by atoms with Crippen LogP contribution in [0.2, 0.25) is 0 Å². The number of terminal acetylenes is 1. The van der Waals surface area contributed by atoms with E-state index in [4.69, 9.17) is 11.5 Å². The lowest BCUT2D eigenvalue weighted by atomic mass is 9.84. The first-order valence-corrected chi connectivity index (χ1v) is 3.12. The Morgan fingerprint density at radius 1 is 1.67 bits per heavy atom. The van der Waals surface area contributed by atoms with Crippen molar-refractivity contribution in [1.82, 2.24) is 0 Å². The molecule has 0 aliphatic rings. The lowest BCUT2D eigenvalue weighted by Gasteiger charge is -2.24. The molecule has 9 heavy (non-hydrogen) atoms. The zero-order valence-corrected chi connectivity index (χ0v) is 6.31. The second-order valence-electron chi connectivity index (χ2n) is 3.05. The molecule has 1 N–H and O–H groups in total. The molecule has 0 aromatic rings. The summed E-state index contributed by atoms with van der Waals surface area (Å²) in [5.41, 5.74) is -0.130. The van der Waals surface area contributed by atoms with E-state index in [-0.39, 0.29) is 11.5 Å². The molecule has 0 saturated carbocycles. The molecule has 0 saturated heterocycles. The molecule has 0 aromatic heterocycles. The maximum Gasteiger partial charge on any atom is 0.0572 e. The Hall–Kier alpha value is -0.480. The van der Waals surface area contributed by atoms with Gasteiger partial charge in [-0.05, 0) is 6.92 Å². The van der Waals surface area contributed by atoms with Gasteiger partial charge < -0.3 is 5.11 Å². The third kappa shape index (κ3) is 2.53. The predicted molar refractivity (Wildman–Crippen MR) is 38.9 cm³/mol. The molecular formula is C8H14O. The number of aliphatic hydroxyl groups is 1. The van der Waals surface area contributed by atoms with E-state index < -0.39 is 0 Å². The quantitative estimate of drug-likeness (QED) is 0.555. The standard InChI is InChI=1S/C8H14O/c1-5-6-8(3,4)7(2)9/h1,7,9H,6H2,2-4H3. The monoisotopic (exact) mass is 126 g/mol. The maximum absolute atomic E-state index is 9.12. The first-order valence-electron chi connectivity index (χ1n) is 3.12. The fraction of sp³-hybridized carbons (Fsp3) is 0.750. The molecule has 0 amide bonds. The van der Waals surface area contributed by atoms with Crippen LogP contribution in [0, 0.1) is 17.8 Å². The molecule has 0 rings (SSSR count). The highest BCUT2D eigenvalue weighted by molar-refractivity contribution is 4.92. The zero-order chi connectivity index (χ0) is 7.49. The SMILES string of the molecule is C#CCC(C)(C)C(C)O. The van der Waals surface area contributed by atoms with E-state index in [9.17, 15) is 0 Å². The molecule has 52 valence electrons. The van der Waals surface area contributed by atoms with Crippen molar-refractivity contribution in [2.24, 2.45) is 5.41 Å². The van der Waals surface area contributed by atoms with Crippen LogP contribution in [0.25, 0.3) is 0 Å². The van der Waals surface area contributed by atoms with Crippen molar-refractivity contribution in [3.63, 3.8) is 0 Å². The maximum atomic E-state index is 9.12. The van der Waals surface area contributed by atoms with E-state index in [1.54, 1.807) is 6.92 Å². The van der Waals surface area contributed by atoms with Crippen molar-refractivity contribution in [3.05, 3.63) is 0 Å². The van der Waals surface area contributed by atoms with Gasteiger partial charge in [0.25, 0.3) is 0 Å². The van der Waals surface area contributed by atoms with Crippen molar-refractivity contribution in [1.29, 1.82) is 0 Å². The predicted octanol–water partition coefficient (Wildman–Crippen LogP) is 1.42. The van der Waals surface area contributed by atoms with Gasteiger partial charge in [-0.1, -0.05) is 13.8 Å². The summed E-state index contributed by atoms with van der Waals surface area (Å²) in [5, 5.41) is 9.12. The van der Waals surface area contributed by atoms with Gasteiger partial charge in [-0.15, -0.1) is 12.3 Å². The summed E-state index contributed by atoms with van der Waals surface area (Å²) < 4.78 is 0. The van der Waals surface area contributed by atoms with Gasteiger partial charge in [-0.3, -0.25) is 0 Å². The van der Waals surface area contributed by atoms with E-state index in [1.165, 1.54) is 0 Å². The Kier molecular flexibility index (Phi) is 2.73. The van der Waals surface area contributed by atoms with E-state index in [2.05, 4.69) is 5.92 Å². The zero-order valence-electron chi connectivity index (χ0n) is 6.31. The highest BCUT2D eigenvalue weighted by Crippen LogP contribution is 2.23. The first kappa shape index (κ1) is 8.52. The smallest absolute Gasteiger partial charge is 0.0572 e. The number of hydrogen-bond acceptors (Lipinski definition) is 1. The van der Waals surface area contributed by atoms with Gasteiger partial charge in [0.05, 0.1) is 6.10 Å². The minimum Gasteiger partial charge on any atom is -0.393 e. The van der Waals surface area contributed by atoms with Crippen LogP contribution in [0.5, 0.6) is 0 Å². The lowest BCUT2D eigenvalue weighted by Crippen LogP contribution is -2.25.